The normalized spacial score (nSPS) is 12.2. The minimum Gasteiger partial charge on any atom is -0.309 e. The average molecular weight is 663 g/mol. The van der Waals surface area contributed by atoms with Crippen LogP contribution in [0.3, 0.4) is 0 Å². The molecule has 52 heavy (non-hydrogen) atoms. The van der Waals surface area contributed by atoms with Gasteiger partial charge in [-0.05, 0) is 91.0 Å². The van der Waals surface area contributed by atoms with Crippen molar-refractivity contribution in [2.24, 2.45) is 0 Å². The number of aromatic nitrogens is 4. The number of nitrogens with zero attached hydrogens (tertiary/aromatic N) is 4. The second-order valence-corrected chi connectivity index (χ2v) is 13.8. The van der Waals surface area contributed by atoms with Gasteiger partial charge in [0, 0.05) is 55.1 Å². The molecule has 0 radical (unpaired) electrons. The standard InChI is InChI=1S/C48H30N4/c1-3-13-31(14-4-1)49-40-20-10-8-18-36(40)38-29-33(26-28-41(38)49)51-42-21-11-23-44-47(42)48-43(51)22-12-24-45(48)52(44)34-25-27-37-35-17-7-9-19-39(35)50(46(37)30-34)32-15-5-2-6-16-32/h1-30H. The third-order valence-corrected chi connectivity index (χ3v) is 11.1. The summed E-state index contributed by atoms with van der Waals surface area (Å²) in [6.07, 6.45) is 0. The summed E-state index contributed by atoms with van der Waals surface area (Å²) in [5.74, 6) is 0. The highest BCUT2D eigenvalue weighted by molar-refractivity contribution is 6.25. The third kappa shape index (κ3) is 3.60. The number of para-hydroxylation sites is 4. The third-order valence-electron chi connectivity index (χ3n) is 11.1. The van der Waals surface area contributed by atoms with Crippen molar-refractivity contribution in [1.29, 1.82) is 0 Å². The lowest BCUT2D eigenvalue weighted by molar-refractivity contribution is 1.15. The van der Waals surface area contributed by atoms with E-state index in [1.165, 1.54) is 93.5 Å². The van der Waals surface area contributed by atoms with E-state index >= 15 is 0 Å². The van der Waals surface area contributed by atoms with E-state index in [0.717, 1.165) is 5.69 Å². The second-order valence-electron chi connectivity index (χ2n) is 13.8. The van der Waals surface area contributed by atoms with Crippen molar-refractivity contribution in [3.8, 4) is 22.7 Å². The highest BCUT2D eigenvalue weighted by Gasteiger charge is 2.23. The van der Waals surface area contributed by atoms with Gasteiger partial charge in [0.05, 0.1) is 44.1 Å². The molecule has 0 saturated carbocycles. The SMILES string of the molecule is c1ccc(-n2c3ccccc3c3cc(-n4c5cccc6c5c5c4cccc5n6-c4ccc5c6ccccc6n(-c6ccccc6)c5c4)ccc32)cc1. The Morgan fingerprint density at radius 1 is 0.212 bits per heavy atom. The van der Waals surface area contributed by atoms with Crippen molar-refractivity contribution < 1.29 is 0 Å². The minimum absolute atomic E-state index is 1.16. The molecule has 0 aliphatic carbocycles. The Bertz CT molecular complexity index is 3270. The highest BCUT2D eigenvalue weighted by Crippen LogP contribution is 2.44. The Labute approximate surface area is 298 Å². The molecule has 0 saturated heterocycles. The van der Waals surface area contributed by atoms with Crippen LogP contribution in [-0.4, -0.2) is 18.3 Å². The minimum atomic E-state index is 1.16. The lowest BCUT2D eigenvalue weighted by Gasteiger charge is -2.14. The van der Waals surface area contributed by atoms with Gasteiger partial charge in [0.1, 0.15) is 0 Å². The van der Waals surface area contributed by atoms with Crippen LogP contribution < -0.4 is 0 Å². The molecule has 4 heteroatoms. The zero-order valence-electron chi connectivity index (χ0n) is 28.1. The summed E-state index contributed by atoms with van der Waals surface area (Å²) in [6.45, 7) is 0. The lowest BCUT2D eigenvalue weighted by Crippen LogP contribution is -1.99. The molecule has 4 nitrogen and oxygen atoms in total. The van der Waals surface area contributed by atoms with Gasteiger partial charge in [0.25, 0.3) is 0 Å². The van der Waals surface area contributed by atoms with E-state index in [1.807, 2.05) is 0 Å². The lowest BCUT2D eigenvalue weighted by atomic mass is 10.1. The summed E-state index contributed by atoms with van der Waals surface area (Å²) in [4.78, 5) is 0. The highest BCUT2D eigenvalue weighted by atomic mass is 15.0. The van der Waals surface area contributed by atoms with Crippen LogP contribution in [0.5, 0.6) is 0 Å². The van der Waals surface area contributed by atoms with Crippen molar-refractivity contribution in [2.75, 3.05) is 0 Å². The number of fused-ring (bicyclic) bond motifs is 6. The van der Waals surface area contributed by atoms with E-state index in [4.69, 9.17) is 0 Å². The summed E-state index contributed by atoms with van der Waals surface area (Å²) in [6, 6.07) is 66.3. The van der Waals surface area contributed by atoms with E-state index in [2.05, 4.69) is 200 Å². The van der Waals surface area contributed by atoms with Crippen LogP contribution in [0.25, 0.3) is 99.2 Å². The Morgan fingerprint density at radius 3 is 1.17 bits per heavy atom. The first-order valence-electron chi connectivity index (χ1n) is 17.9. The molecule has 0 aliphatic rings. The van der Waals surface area contributed by atoms with Crippen LogP contribution >= 0.6 is 0 Å². The summed E-state index contributed by atoms with van der Waals surface area (Å²) >= 11 is 0. The van der Waals surface area contributed by atoms with Gasteiger partial charge in [-0.25, -0.2) is 0 Å². The monoisotopic (exact) mass is 662 g/mol. The zero-order chi connectivity index (χ0) is 33.9. The van der Waals surface area contributed by atoms with Gasteiger partial charge in [-0.2, -0.15) is 0 Å². The first kappa shape index (κ1) is 27.7. The molecule has 0 atom stereocenters. The van der Waals surface area contributed by atoms with Crippen LogP contribution in [-0.2, 0) is 0 Å². The molecule has 12 aromatic rings. The van der Waals surface area contributed by atoms with Gasteiger partial charge in [-0.3, -0.25) is 0 Å². The van der Waals surface area contributed by atoms with Crippen molar-refractivity contribution in [1.82, 2.24) is 18.3 Å². The Kier molecular flexibility index (Phi) is 5.47. The van der Waals surface area contributed by atoms with Gasteiger partial charge in [0.2, 0.25) is 0 Å². The molecule has 4 heterocycles. The molecular formula is C48H30N4. The van der Waals surface area contributed by atoms with Crippen LogP contribution in [0, 0.1) is 0 Å². The molecule has 0 spiro atoms. The maximum absolute atomic E-state index is 2.46. The molecule has 8 aromatic carbocycles. The predicted molar refractivity (Wildman–Crippen MR) is 217 cm³/mol. The number of benzene rings is 8. The molecule has 0 N–H and O–H groups in total. The first-order chi connectivity index (χ1) is 25.8. The molecule has 0 bridgehead atoms. The molecule has 0 unspecified atom stereocenters. The average Bonchev–Trinajstić information content (AvgIpc) is 3.93. The van der Waals surface area contributed by atoms with E-state index < -0.39 is 0 Å². The fourth-order valence-electron chi connectivity index (χ4n) is 9.04. The molecule has 0 aliphatic heterocycles. The van der Waals surface area contributed by atoms with Crippen LogP contribution in [0.1, 0.15) is 0 Å². The molecule has 0 fully saturated rings. The topological polar surface area (TPSA) is 19.7 Å². The number of hydrogen-bond acceptors (Lipinski definition) is 0. The van der Waals surface area contributed by atoms with Crippen molar-refractivity contribution in [3.63, 3.8) is 0 Å². The summed E-state index contributed by atoms with van der Waals surface area (Å²) in [5.41, 5.74) is 14.4. The largest absolute Gasteiger partial charge is 0.309 e. The molecule has 12 rings (SSSR count). The number of hydrogen-bond donors (Lipinski definition) is 0. The Balaban J connectivity index is 1.10. The van der Waals surface area contributed by atoms with E-state index in [-0.39, 0.29) is 0 Å². The van der Waals surface area contributed by atoms with Gasteiger partial charge >= 0.3 is 0 Å². The summed E-state index contributed by atoms with van der Waals surface area (Å²) in [5, 5.41) is 7.62. The van der Waals surface area contributed by atoms with Gasteiger partial charge in [-0.1, -0.05) is 91.0 Å². The van der Waals surface area contributed by atoms with Gasteiger partial charge < -0.3 is 18.3 Å². The van der Waals surface area contributed by atoms with Crippen molar-refractivity contribution >= 4 is 76.5 Å². The van der Waals surface area contributed by atoms with Gasteiger partial charge in [0.15, 0.2) is 0 Å². The maximum atomic E-state index is 2.46. The van der Waals surface area contributed by atoms with E-state index in [0.29, 0.717) is 0 Å². The quantitative estimate of drug-likeness (QED) is 0.179. The van der Waals surface area contributed by atoms with Crippen molar-refractivity contribution in [2.45, 2.75) is 0 Å². The molecular weight excluding hydrogens is 633 g/mol. The smallest absolute Gasteiger partial charge is 0.0563 e. The molecule has 4 aromatic heterocycles. The summed E-state index contributed by atoms with van der Waals surface area (Å²) < 4.78 is 9.70. The maximum Gasteiger partial charge on any atom is 0.0563 e. The zero-order valence-corrected chi connectivity index (χ0v) is 28.1. The Hall–Kier alpha value is -7.04. The molecule has 242 valence electrons. The van der Waals surface area contributed by atoms with E-state index in [1.54, 1.807) is 0 Å². The first-order valence-corrected chi connectivity index (χ1v) is 17.9. The Morgan fingerprint density at radius 2 is 0.596 bits per heavy atom. The second kappa shape index (κ2) is 10.3. The summed E-state index contributed by atoms with van der Waals surface area (Å²) in [7, 11) is 0. The number of rotatable bonds is 4. The van der Waals surface area contributed by atoms with Crippen LogP contribution in [0.4, 0.5) is 0 Å². The fraction of sp³-hybridized carbons (Fsp3) is 0. The van der Waals surface area contributed by atoms with E-state index in [9.17, 15) is 0 Å². The van der Waals surface area contributed by atoms with Crippen molar-refractivity contribution in [3.05, 3.63) is 182 Å². The van der Waals surface area contributed by atoms with Gasteiger partial charge in [-0.15, -0.1) is 0 Å². The fourth-order valence-corrected chi connectivity index (χ4v) is 9.04. The molecule has 0 amide bonds. The predicted octanol–water partition coefficient (Wildman–Crippen LogP) is 12.4. The van der Waals surface area contributed by atoms with Crippen LogP contribution in [0.15, 0.2) is 182 Å². The van der Waals surface area contributed by atoms with Crippen LogP contribution in [0.2, 0.25) is 0 Å².